The summed E-state index contributed by atoms with van der Waals surface area (Å²) in [6, 6.07) is 1.02. The maximum atomic E-state index is 11.6. The van der Waals surface area contributed by atoms with E-state index in [0.29, 0.717) is 0 Å². The number of aromatic carboxylic acids is 1. The molecule has 0 amide bonds. The first-order valence-electron chi connectivity index (χ1n) is 4.88. The van der Waals surface area contributed by atoms with Crippen LogP contribution >= 0.6 is 0 Å². The molecular formula is C9H14N2O5S. The average Bonchev–Trinajstić information content (AvgIpc) is 2.65. The zero-order valence-corrected chi connectivity index (χ0v) is 10.2. The third-order valence-corrected chi connectivity index (χ3v) is 2.98. The van der Waals surface area contributed by atoms with Crippen molar-refractivity contribution in [2.24, 2.45) is 5.92 Å². The monoisotopic (exact) mass is 262 g/mol. The number of carboxylic acids is 1. The van der Waals surface area contributed by atoms with Crippen molar-refractivity contribution in [2.45, 2.75) is 18.7 Å². The van der Waals surface area contributed by atoms with Crippen LogP contribution in [0.3, 0.4) is 0 Å². The van der Waals surface area contributed by atoms with Crippen molar-refractivity contribution in [2.75, 3.05) is 6.61 Å². The number of carbonyl (C=O) groups is 1. The molecule has 17 heavy (non-hydrogen) atoms. The fourth-order valence-electron chi connectivity index (χ4n) is 0.979. The Morgan fingerprint density at radius 1 is 1.59 bits per heavy atom. The maximum Gasteiger partial charge on any atom is 0.352 e. The van der Waals surface area contributed by atoms with Crippen molar-refractivity contribution in [1.29, 1.82) is 0 Å². The van der Waals surface area contributed by atoms with E-state index in [0.717, 1.165) is 12.3 Å². The molecule has 96 valence electrons. The summed E-state index contributed by atoms with van der Waals surface area (Å²) in [7, 11) is -3.84. The average molecular weight is 262 g/mol. The van der Waals surface area contributed by atoms with Crippen molar-refractivity contribution in [3.05, 3.63) is 18.0 Å². The molecule has 1 aromatic rings. The minimum Gasteiger partial charge on any atom is -0.477 e. The zero-order valence-electron chi connectivity index (χ0n) is 9.43. The van der Waals surface area contributed by atoms with E-state index >= 15 is 0 Å². The third kappa shape index (κ3) is 3.84. The molecule has 3 N–H and O–H groups in total. The van der Waals surface area contributed by atoms with Gasteiger partial charge in [-0.2, -0.15) is 0 Å². The molecule has 0 aliphatic heterocycles. The molecule has 8 heteroatoms. The van der Waals surface area contributed by atoms with E-state index < -0.39 is 16.0 Å². The number of H-pyrrole nitrogens is 1. The molecule has 0 aromatic carbocycles. The Kier molecular flexibility index (Phi) is 4.27. The Balaban J connectivity index is 2.72. The van der Waals surface area contributed by atoms with E-state index in [1.165, 1.54) is 0 Å². The first-order chi connectivity index (χ1) is 7.83. The van der Waals surface area contributed by atoms with Crippen LogP contribution in [0.5, 0.6) is 0 Å². The van der Waals surface area contributed by atoms with Crippen molar-refractivity contribution in [3.8, 4) is 0 Å². The molecule has 0 aliphatic carbocycles. The number of rotatable bonds is 6. The highest BCUT2D eigenvalue weighted by atomic mass is 32.2. The second kappa shape index (κ2) is 5.30. The second-order valence-corrected chi connectivity index (χ2v) is 5.49. The van der Waals surface area contributed by atoms with E-state index in [2.05, 4.69) is 4.98 Å². The van der Waals surface area contributed by atoms with Gasteiger partial charge >= 0.3 is 5.97 Å². The maximum absolute atomic E-state index is 11.6. The summed E-state index contributed by atoms with van der Waals surface area (Å²) in [6.07, 6.45) is 1.09. The number of aromatic nitrogens is 1. The third-order valence-electron chi connectivity index (χ3n) is 1.78. The molecule has 0 unspecified atom stereocenters. The number of sulfonamides is 1. The number of nitrogens with one attached hydrogen (secondary N) is 2. The standard InChI is InChI=1S/C9H14N2O5S/c1-6(2)5-16-11-17(14,15)7-3-8(9(12)13)10-4-7/h3-4,6,10-11H,5H2,1-2H3,(H,12,13). The first kappa shape index (κ1) is 13.7. The molecule has 0 aliphatic rings. The van der Waals surface area contributed by atoms with Crippen LogP contribution in [0.2, 0.25) is 0 Å². The largest absolute Gasteiger partial charge is 0.477 e. The van der Waals surface area contributed by atoms with Gasteiger partial charge in [0.15, 0.2) is 0 Å². The summed E-state index contributed by atoms with van der Waals surface area (Å²) >= 11 is 0. The summed E-state index contributed by atoms with van der Waals surface area (Å²) in [6.45, 7) is 3.97. The number of aromatic amines is 1. The molecule has 1 aromatic heterocycles. The van der Waals surface area contributed by atoms with Gasteiger partial charge in [0.2, 0.25) is 0 Å². The highest BCUT2D eigenvalue weighted by molar-refractivity contribution is 7.89. The van der Waals surface area contributed by atoms with Crippen molar-refractivity contribution < 1.29 is 23.2 Å². The van der Waals surface area contributed by atoms with Crippen molar-refractivity contribution in [1.82, 2.24) is 9.87 Å². The van der Waals surface area contributed by atoms with E-state index in [1.54, 1.807) is 0 Å². The van der Waals surface area contributed by atoms with Crippen LogP contribution in [0.25, 0.3) is 0 Å². The number of carboxylic acid groups (broad SMARTS) is 1. The summed E-state index contributed by atoms with van der Waals surface area (Å²) in [5, 5.41) is 8.64. The van der Waals surface area contributed by atoms with Gasteiger partial charge < -0.3 is 10.1 Å². The van der Waals surface area contributed by atoms with Crippen LogP contribution in [0.15, 0.2) is 17.2 Å². The molecule has 0 saturated heterocycles. The molecule has 0 atom stereocenters. The van der Waals surface area contributed by atoms with Gasteiger partial charge in [-0.3, -0.25) is 4.84 Å². The van der Waals surface area contributed by atoms with E-state index in [9.17, 15) is 13.2 Å². The molecular weight excluding hydrogens is 248 g/mol. The highest BCUT2D eigenvalue weighted by Crippen LogP contribution is 2.10. The lowest BCUT2D eigenvalue weighted by molar-refractivity contribution is 0.0691. The first-order valence-corrected chi connectivity index (χ1v) is 6.36. The predicted molar refractivity (Wildman–Crippen MR) is 58.9 cm³/mol. The zero-order chi connectivity index (χ0) is 13.1. The van der Waals surface area contributed by atoms with Gasteiger partial charge in [-0.05, 0) is 12.0 Å². The fraction of sp³-hybridized carbons (Fsp3) is 0.444. The second-order valence-electron chi connectivity index (χ2n) is 3.85. The smallest absolute Gasteiger partial charge is 0.352 e. The topological polar surface area (TPSA) is 108 Å². The lowest BCUT2D eigenvalue weighted by Gasteiger charge is -2.07. The van der Waals surface area contributed by atoms with Crippen LogP contribution in [0.4, 0.5) is 0 Å². The van der Waals surface area contributed by atoms with E-state index in [4.69, 9.17) is 9.94 Å². The minimum atomic E-state index is -3.84. The molecule has 0 spiro atoms. The van der Waals surface area contributed by atoms with Gasteiger partial charge in [0.1, 0.15) is 10.6 Å². The Morgan fingerprint density at radius 2 is 2.24 bits per heavy atom. The molecule has 1 heterocycles. The summed E-state index contributed by atoms with van der Waals surface area (Å²) < 4.78 is 23.2. The Labute approximate surface area is 98.8 Å². The molecule has 0 radical (unpaired) electrons. The van der Waals surface area contributed by atoms with Gasteiger partial charge in [0.05, 0.1) is 6.61 Å². The minimum absolute atomic E-state index is 0.179. The lowest BCUT2D eigenvalue weighted by atomic mass is 10.2. The summed E-state index contributed by atoms with van der Waals surface area (Å²) in [5.74, 6) is -1.05. The van der Waals surface area contributed by atoms with Crippen LogP contribution in [0.1, 0.15) is 24.3 Å². The van der Waals surface area contributed by atoms with Crippen molar-refractivity contribution >= 4 is 16.0 Å². The van der Waals surface area contributed by atoms with Crippen LogP contribution < -0.4 is 4.89 Å². The SMILES string of the molecule is CC(C)CONS(=O)(=O)c1c[nH]c(C(=O)O)c1. The van der Waals surface area contributed by atoms with E-state index in [1.807, 2.05) is 18.7 Å². The van der Waals surface area contributed by atoms with Crippen LogP contribution in [-0.2, 0) is 14.9 Å². The van der Waals surface area contributed by atoms with Gasteiger partial charge in [0.25, 0.3) is 10.0 Å². The quantitative estimate of drug-likeness (QED) is 0.650. The molecule has 0 fully saturated rings. The normalized spacial score (nSPS) is 11.9. The Hall–Kier alpha value is -1.38. The molecule has 1 rings (SSSR count). The van der Waals surface area contributed by atoms with Crippen LogP contribution in [-0.4, -0.2) is 31.1 Å². The van der Waals surface area contributed by atoms with Gasteiger partial charge in [-0.25, -0.2) is 13.2 Å². The fourth-order valence-corrected chi connectivity index (χ4v) is 1.79. The summed E-state index contributed by atoms with van der Waals surface area (Å²) in [4.78, 5) is 19.4. The van der Waals surface area contributed by atoms with E-state index in [-0.39, 0.29) is 23.1 Å². The van der Waals surface area contributed by atoms with Gasteiger partial charge in [-0.15, -0.1) is 0 Å². The van der Waals surface area contributed by atoms with Gasteiger partial charge in [0, 0.05) is 6.20 Å². The predicted octanol–water partition coefficient (Wildman–Crippen LogP) is 0.579. The Bertz CT molecular complexity index is 491. The molecule has 7 nitrogen and oxygen atoms in total. The highest BCUT2D eigenvalue weighted by Gasteiger charge is 2.18. The van der Waals surface area contributed by atoms with Crippen LogP contribution in [0, 0.1) is 5.92 Å². The lowest BCUT2D eigenvalue weighted by Crippen LogP contribution is -2.25. The number of hydrogen-bond acceptors (Lipinski definition) is 4. The van der Waals surface area contributed by atoms with Gasteiger partial charge in [-0.1, -0.05) is 18.7 Å². The molecule has 0 bridgehead atoms. The molecule has 0 saturated carbocycles. The number of hydrogen-bond donors (Lipinski definition) is 3. The Morgan fingerprint density at radius 3 is 2.71 bits per heavy atom. The van der Waals surface area contributed by atoms with Crippen molar-refractivity contribution in [3.63, 3.8) is 0 Å². The summed E-state index contributed by atoms with van der Waals surface area (Å²) in [5.41, 5.74) is -0.200.